The zero-order valence-corrected chi connectivity index (χ0v) is 11.6. The highest BCUT2D eigenvalue weighted by molar-refractivity contribution is 5.88. The van der Waals surface area contributed by atoms with Crippen molar-refractivity contribution in [2.24, 2.45) is 5.73 Å². The van der Waals surface area contributed by atoms with Crippen LogP contribution in [0.1, 0.15) is 6.42 Å². The number of ether oxygens (including phenoxy) is 2. The Morgan fingerprint density at radius 1 is 1.67 bits per heavy atom. The first-order chi connectivity index (χ1) is 10.2. The molecular weight excluding hydrogens is 278 g/mol. The zero-order valence-electron chi connectivity index (χ0n) is 11.6. The van der Waals surface area contributed by atoms with E-state index in [2.05, 4.69) is 15.3 Å². The van der Waals surface area contributed by atoms with Crippen molar-refractivity contribution in [1.82, 2.24) is 9.97 Å². The Morgan fingerprint density at radius 2 is 2.48 bits per heavy atom. The first-order valence-electron chi connectivity index (χ1n) is 6.49. The van der Waals surface area contributed by atoms with Gasteiger partial charge in [0.25, 0.3) is 5.88 Å². The van der Waals surface area contributed by atoms with Crippen LogP contribution in [0.25, 0.3) is 0 Å². The first kappa shape index (κ1) is 15.0. The Morgan fingerprint density at radius 3 is 3.14 bits per heavy atom. The van der Waals surface area contributed by atoms with Crippen LogP contribution in [-0.4, -0.2) is 55.2 Å². The summed E-state index contributed by atoms with van der Waals surface area (Å²) in [6.07, 6.45) is 1.88. The Balaban J connectivity index is 2.16. The molecule has 2 rings (SSSR count). The number of cyclic esters (lactones) is 1. The fourth-order valence-corrected chi connectivity index (χ4v) is 1.93. The number of nitrogens with zero attached hydrogens (tertiary/aromatic N) is 3. The number of nitrogens with one attached hydrogen (secondary N) is 1. The number of aldehydes is 1. The molecule has 1 aromatic rings. The molecule has 0 saturated carbocycles. The van der Waals surface area contributed by atoms with Gasteiger partial charge in [-0.1, -0.05) is 0 Å². The van der Waals surface area contributed by atoms with E-state index in [1.807, 2.05) is 0 Å². The minimum Gasteiger partial charge on any atom is -0.467 e. The van der Waals surface area contributed by atoms with Gasteiger partial charge in [-0.15, -0.1) is 0 Å². The number of hydrogen-bond acceptors (Lipinski definition) is 8. The zero-order chi connectivity index (χ0) is 15.2. The molecule has 0 bridgehead atoms. The van der Waals surface area contributed by atoms with Gasteiger partial charge in [0.2, 0.25) is 0 Å². The molecule has 0 aromatic carbocycles. The second-order valence-corrected chi connectivity index (χ2v) is 4.30. The van der Waals surface area contributed by atoms with Crippen LogP contribution in [0.5, 0.6) is 5.88 Å². The fraction of sp³-hybridized carbons (Fsp3) is 0.500. The summed E-state index contributed by atoms with van der Waals surface area (Å²) in [5.41, 5.74) is 5.46. The molecule has 1 unspecified atom stereocenters. The van der Waals surface area contributed by atoms with Gasteiger partial charge < -0.3 is 20.5 Å². The van der Waals surface area contributed by atoms with Crippen LogP contribution < -0.4 is 20.7 Å². The minimum atomic E-state index is -0.480. The van der Waals surface area contributed by atoms with Crippen molar-refractivity contribution < 1.29 is 19.1 Å². The molecule has 1 aromatic heterocycles. The van der Waals surface area contributed by atoms with E-state index in [0.717, 1.165) is 0 Å². The van der Waals surface area contributed by atoms with E-state index < -0.39 is 6.09 Å². The number of carbonyl (C=O) groups is 2. The van der Waals surface area contributed by atoms with E-state index in [9.17, 15) is 9.59 Å². The van der Waals surface area contributed by atoms with Gasteiger partial charge in [-0.2, -0.15) is 0 Å². The summed E-state index contributed by atoms with van der Waals surface area (Å²) in [5.74, 6) is 0.881. The van der Waals surface area contributed by atoms with Crippen molar-refractivity contribution in [3.63, 3.8) is 0 Å². The number of anilines is 2. The van der Waals surface area contributed by atoms with Gasteiger partial charge in [-0.3, -0.25) is 9.69 Å². The number of amides is 1. The summed E-state index contributed by atoms with van der Waals surface area (Å²) in [7, 11) is 1.64. The van der Waals surface area contributed by atoms with Gasteiger partial charge in [0.1, 0.15) is 12.7 Å². The maximum Gasteiger partial charge on any atom is 0.415 e. The van der Waals surface area contributed by atoms with Gasteiger partial charge in [-0.05, 0) is 13.0 Å². The number of aromatic nitrogens is 2. The van der Waals surface area contributed by atoms with Crippen LogP contribution in [0.3, 0.4) is 0 Å². The van der Waals surface area contributed by atoms with Crippen molar-refractivity contribution in [2.45, 2.75) is 12.5 Å². The summed E-state index contributed by atoms with van der Waals surface area (Å²) < 4.78 is 10.3. The Bertz CT molecular complexity index is 524. The molecule has 1 atom stereocenters. The normalized spacial score (nSPS) is 17.5. The van der Waals surface area contributed by atoms with E-state index in [4.69, 9.17) is 15.2 Å². The molecule has 21 heavy (non-hydrogen) atoms. The van der Waals surface area contributed by atoms with Gasteiger partial charge >= 0.3 is 6.09 Å². The molecule has 114 valence electrons. The molecule has 0 aliphatic carbocycles. The summed E-state index contributed by atoms with van der Waals surface area (Å²) in [4.78, 5) is 31.8. The molecule has 9 heteroatoms. The molecule has 1 amide bonds. The molecule has 9 nitrogen and oxygen atoms in total. The Labute approximate surface area is 121 Å². The van der Waals surface area contributed by atoms with Crippen LogP contribution in [0.4, 0.5) is 16.4 Å². The quantitative estimate of drug-likeness (QED) is 0.662. The third-order valence-corrected chi connectivity index (χ3v) is 2.89. The van der Waals surface area contributed by atoms with E-state index in [1.54, 1.807) is 7.05 Å². The predicted molar refractivity (Wildman–Crippen MR) is 74.4 cm³/mol. The first-order valence-corrected chi connectivity index (χ1v) is 6.49. The minimum absolute atomic E-state index is 0.118. The molecular formula is C12H17N5O4. The lowest BCUT2D eigenvalue weighted by atomic mass is 10.2. The Kier molecular flexibility index (Phi) is 4.88. The van der Waals surface area contributed by atoms with E-state index >= 15 is 0 Å². The maximum absolute atomic E-state index is 11.8. The van der Waals surface area contributed by atoms with Crippen molar-refractivity contribution >= 4 is 24.0 Å². The highest BCUT2D eigenvalue weighted by atomic mass is 16.6. The number of nitrogens with two attached hydrogens (primary N) is 1. The molecule has 3 N–H and O–H groups in total. The highest BCUT2D eigenvalue weighted by Gasteiger charge is 2.33. The summed E-state index contributed by atoms with van der Waals surface area (Å²) in [6, 6.07) is 0. The average molecular weight is 295 g/mol. The van der Waals surface area contributed by atoms with E-state index in [1.165, 1.54) is 11.1 Å². The monoisotopic (exact) mass is 295 g/mol. The van der Waals surface area contributed by atoms with Crippen LogP contribution in [0.15, 0.2) is 6.20 Å². The lowest BCUT2D eigenvalue weighted by Crippen LogP contribution is -2.26. The molecule has 1 fully saturated rings. The molecule has 1 aliphatic rings. The summed E-state index contributed by atoms with van der Waals surface area (Å²) in [6.45, 7) is 0.702. The van der Waals surface area contributed by atoms with Crippen molar-refractivity contribution in [1.29, 1.82) is 0 Å². The predicted octanol–water partition coefficient (Wildman–Crippen LogP) is -0.230. The molecule has 0 spiro atoms. The highest BCUT2D eigenvalue weighted by Crippen LogP contribution is 2.25. The molecule has 2 heterocycles. The SMILES string of the molecule is CNc1nc(N2CC(CCN)OC2=O)cnc1OCC=O. The fourth-order valence-electron chi connectivity index (χ4n) is 1.93. The van der Waals surface area contributed by atoms with E-state index in [-0.39, 0.29) is 18.6 Å². The largest absolute Gasteiger partial charge is 0.467 e. The number of carbonyl (C=O) groups excluding carboxylic acids is 2. The van der Waals surface area contributed by atoms with Gasteiger partial charge in [0, 0.05) is 7.05 Å². The third kappa shape index (κ3) is 3.37. The smallest absolute Gasteiger partial charge is 0.415 e. The lowest BCUT2D eigenvalue weighted by molar-refractivity contribution is -0.109. The standard InChI is InChI=1S/C12H17N5O4/c1-14-10-11(20-5-4-18)15-6-9(16-10)17-7-8(2-3-13)21-12(17)19/h4,6,8H,2-3,5,7,13H2,1H3,(H,14,16). The summed E-state index contributed by atoms with van der Waals surface area (Å²) >= 11 is 0. The topological polar surface area (TPSA) is 120 Å². The maximum atomic E-state index is 11.8. The second-order valence-electron chi connectivity index (χ2n) is 4.30. The van der Waals surface area contributed by atoms with Crippen molar-refractivity contribution in [3.8, 4) is 5.88 Å². The molecule has 1 aliphatic heterocycles. The van der Waals surface area contributed by atoms with Gasteiger partial charge in [-0.25, -0.2) is 14.8 Å². The second kappa shape index (κ2) is 6.84. The van der Waals surface area contributed by atoms with Crippen LogP contribution in [0.2, 0.25) is 0 Å². The van der Waals surface area contributed by atoms with Crippen molar-refractivity contribution in [2.75, 3.05) is 37.0 Å². The molecule has 0 radical (unpaired) electrons. The summed E-state index contributed by atoms with van der Waals surface area (Å²) in [5, 5.41) is 2.81. The molecule has 1 saturated heterocycles. The van der Waals surface area contributed by atoms with Crippen LogP contribution in [0, 0.1) is 0 Å². The van der Waals surface area contributed by atoms with Gasteiger partial charge in [0.05, 0.1) is 12.7 Å². The van der Waals surface area contributed by atoms with Crippen LogP contribution >= 0.6 is 0 Å². The van der Waals surface area contributed by atoms with E-state index in [0.29, 0.717) is 37.4 Å². The number of rotatable bonds is 7. The average Bonchev–Trinajstić information content (AvgIpc) is 2.86. The van der Waals surface area contributed by atoms with Gasteiger partial charge in [0.15, 0.2) is 17.9 Å². The van der Waals surface area contributed by atoms with Crippen molar-refractivity contribution in [3.05, 3.63) is 6.20 Å². The lowest BCUT2D eigenvalue weighted by Gasteiger charge is -2.14. The third-order valence-electron chi connectivity index (χ3n) is 2.89. The Hall–Kier alpha value is -2.42. The number of hydrogen-bond donors (Lipinski definition) is 2. The van der Waals surface area contributed by atoms with Crippen LogP contribution in [-0.2, 0) is 9.53 Å².